The van der Waals surface area contributed by atoms with Crippen LogP contribution in [0.3, 0.4) is 0 Å². The summed E-state index contributed by atoms with van der Waals surface area (Å²) in [6.45, 7) is 5.01. The summed E-state index contributed by atoms with van der Waals surface area (Å²) < 4.78 is 4.27. The van der Waals surface area contributed by atoms with Crippen molar-refractivity contribution in [3.63, 3.8) is 0 Å². The first kappa shape index (κ1) is 15.6. The minimum atomic E-state index is -0.457. The largest absolute Gasteiger partial charge is 0.393 e. The fourth-order valence-electron chi connectivity index (χ4n) is 0.271. The molecule has 0 atom stereocenters. The van der Waals surface area contributed by atoms with Crippen LogP contribution in [0, 0.1) is 0 Å². The molecule has 5 heteroatoms. The van der Waals surface area contributed by atoms with Gasteiger partial charge in [0.2, 0.25) is 5.24 Å². The monoisotopic (exact) mass is 222 g/mol. The van der Waals surface area contributed by atoms with E-state index in [0.29, 0.717) is 6.42 Å². The summed E-state index contributed by atoms with van der Waals surface area (Å²) in [6.07, 6.45) is 0.943. The van der Waals surface area contributed by atoms with Crippen LogP contribution in [0.1, 0.15) is 40.0 Å². The zero-order chi connectivity index (χ0) is 11.6. The van der Waals surface area contributed by atoms with Gasteiger partial charge in [-0.05, 0) is 11.6 Å². The summed E-state index contributed by atoms with van der Waals surface area (Å²) in [7, 11) is 0. The number of esters is 2. The molecule has 0 spiro atoms. The molecule has 0 amide bonds. The van der Waals surface area contributed by atoms with E-state index in [0.717, 1.165) is 0 Å². The lowest BCUT2D eigenvalue weighted by atomic mass is 10.5. The predicted molar refractivity (Wildman–Crippen MR) is 52.8 cm³/mol. The second-order valence-electron chi connectivity index (χ2n) is 2.26. The van der Waals surface area contributed by atoms with E-state index in [2.05, 4.69) is 4.74 Å². The molecule has 0 aliphatic carbocycles. The van der Waals surface area contributed by atoms with Crippen LogP contribution in [-0.4, -0.2) is 17.2 Å². The standard InChI is InChI=1S/C6H10O3.C3H5ClO/c1-3-5(7)9-6(8)4-2;1-2-3(4)5/h3-4H2,1-2H3;2H2,1H3. The maximum absolute atomic E-state index is 10.3. The van der Waals surface area contributed by atoms with Crippen molar-refractivity contribution in [1.82, 2.24) is 0 Å². The molecule has 0 N–H and O–H groups in total. The lowest BCUT2D eigenvalue weighted by Crippen LogP contribution is -2.09. The number of hydrogen-bond donors (Lipinski definition) is 0. The highest BCUT2D eigenvalue weighted by Crippen LogP contribution is 1.88. The lowest BCUT2D eigenvalue weighted by Gasteiger charge is -1.95. The number of carbonyl (C=O) groups excluding carboxylic acids is 3. The summed E-state index contributed by atoms with van der Waals surface area (Å²) in [5, 5.41) is -0.273. The fraction of sp³-hybridized carbons (Fsp3) is 0.667. The minimum absolute atomic E-state index is 0.256. The molecular weight excluding hydrogens is 208 g/mol. The molecule has 0 fully saturated rings. The molecule has 0 saturated carbocycles. The molecule has 82 valence electrons. The highest BCUT2D eigenvalue weighted by Gasteiger charge is 2.03. The average molecular weight is 223 g/mol. The Hall–Kier alpha value is -0.900. The van der Waals surface area contributed by atoms with E-state index < -0.39 is 11.9 Å². The van der Waals surface area contributed by atoms with Crippen molar-refractivity contribution in [1.29, 1.82) is 0 Å². The Labute approximate surface area is 88.6 Å². The maximum atomic E-state index is 10.3. The molecule has 0 saturated heterocycles. The third-order valence-corrected chi connectivity index (χ3v) is 1.35. The summed E-state index contributed by atoms with van der Waals surface area (Å²) in [5.41, 5.74) is 0. The quantitative estimate of drug-likeness (QED) is 0.417. The van der Waals surface area contributed by atoms with Crippen LogP contribution in [0.5, 0.6) is 0 Å². The first-order chi connectivity index (χ1) is 6.47. The molecule has 0 aromatic rings. The van der Waals surface area contributed by atoms with Crippen LogP contribution >= 0.6 is 11.6 Å². The number of carbonyl (C=O) groups is 3. The molecule has 0 aromatic heterocycles. The van der Waals surface area contributed by atoms with Crippen LogP contribution in [-0.2, 0) is 19.1 Å². The summed E-state index contributed by atoms with van der Waals surface area (Å²) in [5.74, 6) is -0.913. The number of halogens is 1. The third-order valence-electron chi connectivity index (χ3n) is 1.08. The van der Waals surface area contributed by atoms with Crippen LogP contribution < -0.4 is 0 Å². The molecule has 4 nitrogen and oxygen atoms in total. The van der Waals surface area contributed by atoms with Gasteiger partial charge in [0.05, 0.1) is 0 Å². The number of ether oxygens (including phenoxy) is 1. The van der Waals surface area contributed by atoms with E-state index in [1.807, 2.05) is 0 Å². The molecule has 14 heavy (non-hydrogen) atoms. The van der Waals surface area contributed by atoms with Gasteiger partial charge in [-0.15, -0.1) is 0 Å². The van der Waals surface area contributed by atoms with E-state index in [1.165, 1.54) is 0 Å². The van der Waals surface area contributed by atoms with E-state index in [1.54, 1.807) is 20.8 Å². The van der Waals surface area contributed by atoms with Crippen molar-refractivity contribution in [2.24, 2.45) is 0 Å². The first-order valence-electron chi connectivity index (χ1n) is 4.39. The molecule has 0 unspecified atom stereocenters. The second-order valence-corrected chi connectivity index (χ2v) is 2.68. The Morgan fingerprint density at radius 3 is 1.36 bits per heavy atom. The fourth-order valence-corrected chi connectivity index (χ4v) is 0.271. The van der Waals surface area contributed by atoms with Crippen LogP contribution in [0.15, 0.2) is 0 Å². The van der Waals surface area contributed by atoms with Gasteiger partial charge in [0.25, 0.3) is 0 Å². The molecule has 0 radical (unpaired) electrons. The van der Waals surface area contributed by atoms with Crippen molar-refractivity contribution in [2.75, 3.05) is 0 Å². The average Bonchev–Trinajstić information content (AvgIpc) is 2.18. The van der Waals surface area contributed by atoms with E-state index >= 15 is 0 Å². The maximum Gasteiger partial charge on any atom is 0.313 e. The van der Waals surface area contributed by atoms with Crippen LogP contribution in [0.25, 0.3) is 0 Å². The zero-order valence-electron chi connectivity index (χ0n) is 8.63. The van der Waals surface area contributed by atoms with Gasteiger partial charge in [0.15, 0.2) is 0 Å². The van der Waals surface area contributed by atoms with E-state index in [-0.39, 0.29) is 18.1 Å². The van der Waals surface area contributed by atoms with Gasteiger partial charge in [-0.3, -0.25) is 14.4 Å². The van der Waals surface area contributed by atoms with Gasteiger partial charge in [0, 0.05) is 19.3 Å². The Bertz CT molecular complexity index is 187. The number of rotatable bonds is 3. The Balaban J connectivity index is 0. The smallest absolute Gasteiger partial charge is 0.313 e. The topological polar surface area (TPSA) is 60.4 Å². The highest BCUT2D eigenvalue weighted by molar-refractivity contribution is 6.63. The van der Waals surface area contributed by atoms with Crippen molar-refractivity contribution in [3.8, 4) is 0 Å². The molecular formula is C9H15ClO4. The van der Waals surface area contributed by atoms with Crippen LogP contribution in [0.4, 0.5) is 0 Å². The number of hydrogen-bond acceptors (Lipinski definition) is 4. The molecule has 0 aromatic carbocycles. The van der Waals surface area contributed by atoms with E-state index in [9.17, 15) is 14.4 Å². The van der Waals surface area contributed by atoms with Gasteiger partial charge < -0.3 is 4.74 Å². The molecule has 0 aliphatic rings. The van der Waals surface area contributed by atoms with Crippen molar-refractivity contribution >= 4 is 28.8 Å². The molecule has 0 aliphatic heterocycles. The van der Waals surface area contributed by atoms with Gasteiger partial charge in [0.1, 0.15) is 0 Å². The first-order valence-corrected chi connectivity index (χ1v) is 4.77. The van der Waals surface area contributed by atoms with Gasteiger partial charge >= 0.3 is 11.9 Å². The van der Waals surface area contributed by atoms with Gasteiger partial charge in [-0.25, -0.2) is 0 Å². The van der Waals surface area contributed by atoms with Gasteiger partial charge in [-0.1, -0.05) is 20.8 Å². The highest BCUT2D eigenvalue weighted by atomic mass is 35.5. The zero-order valence-corrected chi connectivity index (χ0v) is 9.39. The summed E-state index contributed by atoms with van der Waals surface area (Å²) in [6, 6.07) is 0. The molecule has 0 bridgehead atoms. The Morgan fingerprint density at radius 2 is 1.21 bits per heavy atom. The molecule has 0 rings (SSSR count). The normalized spacial score (nSPS) is 8.29. The van der Waals surface area contributed by atoms with E-state index in [4.69, 9.17) is 11.6 Å². The predicted octanol–water partition coefficient (Wildman–Crippen LogP) is 2.04. The molecule has 0 heterocycles. The third kappa shape index (κ3) is 13.7. The van der Waals surface area contributed by atoms with Gasteiger partial charge in [-0.2, -0.15) is 0 Å². The second kappa shape index (κ2) is 10.2. The Kier molecular flexibility index (Phi) is 11.3. The minimum Gasteiger partial charge on any atom is -0.393 e. The van der Waals surface area contributed by atoms with Crippen molar-refractivity contribution in [3.05, 3.63) is 0 Å². The summed E-state index contributed by atoms with van der Waals surface area (Å²) >= 11 is 4.82. The van der Waals surface area contributed by atoms with Crippen molar-refractivity contribution in [2.45, 2.75) is 40.0 Å². The Morgan fingerprint density at radius 1 is 0.929 bits per heavy atom. The van der Waals surface area contributed by atoms with Crippen molar-refractivity contribution < 1.29 is 19.1 Å². The lowest BCUT2D eigenvalue weighted by molar-refractivity contribution is -0.159. The summed E-state index contributed by atoms with van der Waals surface area (Å²) in [4.78, 5) is 30.3. The SMILES string of the molecule is CCC(=O)Cl.CCC(=O)OC(=O)CC. The van der Waals surface area contributed by atoms with Crippen LogP contribution in [0.2, 0.25) is 0 Å².